The second kappa shape index (κ2) is 6.21. The van der Waals surface area contributed by atoms with Gasteiger partial charge in [-0.25, -0.2) is 4.79 Å². The lowest BCUT2D eigenvalue weighted by atomic mass is 10.3. The average molecular weight is 260 g/mol. The normalized spacial score (nSPS) is 10.1. The lowest BCUT2D eigenvalue weighted by Crippen LogP contribution is -2.32. The second-order valence-corrected chi connectivity index (χ2v) is 5.08. The van der Waals surface area contributed by atoms with E-state index >= 15 is 0 Å². The number of carbonyl (C=O) groups excluding carboxylic acids is 1. The molecule has 0 spiro atoms. The molecule has 0 atom stereocenters. The molecule has 2 aromatic rings. The van der Waals surface area contributed by atoms with Crippen LogP contribution in [0.5, 0.6) is 0 Å². The van der Waals surface area contributed by atoms with Gasteiger partial charge in [-0.2, -0.15) is 0 Å². The molecular weight excluding hydrogens is 244 g/mol. The molecule has 0 saturated carbocycles. The van der Waals surface area contributed by atoms with Gasteiger partial charge < -0.3 is 10.2 Å². The highest BCUT2D eigenvalue weighted by molar-refractivity contribution is 7.09. The van der Waals surface area contributed by atoms with Gasteiger partial charge in [0, 0.05) is 24.2 Å². The van der Waals surface area contributed by atoms with Crippen LogP contribution >= 0.6 is 11.3 Å². The van der Waals surface area contributed by atoms with Crippen LogP contribution in [0.15, 0.2) is 47.8 Å². The largest absolute Gasteiger partial charge is 0.327 e. The third-order valence-corrected chi connectivity index (χ3v) is 3.58. The van der Waals surface area contributed by atoms with Crippen LogP contribution in [0.25, 0.3) is 0 Å². The van der Waals surface area contributed by atoms with E-state index in [0.717, 1.165) is 18.7 Å². The van der Waals surface area contributed by atoms with Crippen LogP contribution in [-0.2, 0) is 6.42 Å². The summed E-state index contributed by atoms with van der Waals surface area (Å²) in [6, 6.07) is 13.5. The zero-order valence-electron chi connectivity index (χ0n) is 10.3. The third-order valence-electron chi connectivity index (χ3n) is 2.65. The highest BCUT2D eigenvalue weighted by Gasteiger charge is 2.08. The number of likely N-dealkylation sites (N-methyl/N-ethyl adjacent to an activating group) is 1. The molecule has 2 amide bonds. The topological polar surface area (TPSA) is 32.3 Å². The number of urea groups is 1. The van der Waals surface area contributed by atoms with Gasteiger partial charge >= 0.3 is 6.03 Å². The van der Waals surface area contributed by atoms with Gasteiger partial charge in [-0.1, -0.05) is 24.3 Å². The van der Waals surface area contributed by atoms with Crippen molar-refractivity contribution in [2.45, 2.75) is 6.42 Å². The first kappa shape index (κ1) is 12.6. The van der Waals surface area contributed by atoms with Crippen LogP contribution in [0.2, 0.25) is 0 Å². The summed E-state index contributed by atoms with van der Waals surface area (Å²) < 4.78 is 0. The summed E-state index contributed by atoms with van der Waals surface area (Å²) in [7, 11) is 1.81. The van der Waals surface area contributed by atoms with Gasteiger partial charge in [0.15, 0.2) is 0 Å². The van der Waals surface area contributed by atoms with Gasteiger partial charge in [-0.05, 0) is 30.0 Å². The summed E-state index contributed by atoms with van der Waals surface area (Å²) >= 11 is 1.72. The van der Waals surface area contributed by atoms with Crippen LogP contribution in [0.4, 0.5) is 10.5 Å². The van der Waals surface area contributed by atoms with E-state index in [0.29, 0.717) is 0 Å². The molecule has 1 aromatic carbocycles. The number of benzene rings is 1. The Morgan fingerprint density at radius 3 is 2.67 bits per heavy atom. The lowest BCUT2D eigenvalue weighted by Gasteiger charge is -2.17. The Morgan fingerprint density at radius 2 is 2.00 bits per heavy atom. The number of hydrogen-bond donors (Lipinski definition) is 1. The summed E-state index contributed by atoms with van der Waals surface area (Å²) in [5, 5.41) is 4.92. The maximum absolute atomic E-state index is 11.9. The van der Waals surface area contributed by atoms with E-state index in [4.69, 9.17) is 0 Å². The Hall–Kier alpha value is -1.81. The number of thiophene rings is 1. The quantitative estimate of drug-likeness (QED) is 0.897. The molecule has 94 valence electrons. The molecule has 0 saturated heterocycles. The number of anilines is 1. The van der Waals surface area contributed by atoms with Gasteiger partial charge in [0.05, 0.1) is 0 Å². The van der Waals surface area contributed by atoms with Crippen LogP contribution in [-0.4, -0.2) is 24.5 Å². The van der Waals surface area contributed by atoms with E-state index in [1.54, 1.807) is 16.2 Å². The minimum absolute atomic E-state index is 0.0715. The third kappa shape index (κ3) is 3.60. The Labute approximate surface area is 111 Å². The number of amides is 2. The van der Waals surface area contributed by atoms with E-state index in [2.05, 4.69) is 16.8 Å². The zero-order chi connectivity index (χ0) is 12.8. The molecule has 0 fully saturated rings. The fourth-order valence-electron chi connectivity index (χ4n) is 1.57. The van der Waals surface area contributed by atoms with Gasteiger partial charge in [-0.3, -0.25) is 0 Å². The number of para-hydroxylation sites is 1. The molecule has 0 radical (unpaired) electrons. The van der Waals surface area contributed by atoms with Crippen molar-refractivity contribution in [2.75, 3.05) is 18.9 Å². The molecule has 0 aliphatic heterocycles. The number of carbonyl (C=O) groups is 1. The molecule has 1 N–H and O–H groups in total. The SMILES string of the molecule is CN(CCc1cccs1)C(=O)Nc1ccccc1. The molecule has 4 heteroatoms. The van der Waals surface area contributed by atoms with E-state index in [-0.39, 0.29) is 6.03 Å². The molecule has 0 aliphatic carbocycles. The number of hydrogen-bond acceptors (Lipinski definition) is 2. The summed E-state index contributed by atoms with van der Waals surface area (Å²) in [4.78, 5) is 14.9. The summed E-state index contributed by atoms with van der Waals surface area (Å²) in [6.07, 6.45) is 0.899. The predicted molar refractivity (Wildman–Crippen MR) is 76.1 cm³/mol. The van der Waals surface area contributed by atoms with E-state index in [9.17, 15) is 4.79 Å². The van der Waals surface area contributed by atoms with Crippen LogP contribution in [0.3, 0.4) is 0 Å². The molecule has 1 aromatic heterocycles. The number of rotatable bonds is 4. The summed E-state index contributed by atoms with van der Waals surface area (Å²) in [5.74, 6) is 0. The fraction of sp³-hybridized carbons (Fsp3) is 0.214. The highest BCUT2D eigenvalue weighted by atomic mass is 32.1. The minimum Gasteiger partial charge on any atom is -0.327 e. The molecule has 0 unspecified atom stereocenters. The highest BCUT2D eigenvalue weighted by Crippen LogP contribution is 2.10. The van der Waals surface area contributed by atoms with Gasteiger partial charge in [0.2, 0.25) is 0 Å². The van der Waals surface area contributed by atoms with E-state index in [1.165, 1.54) is 4.88 Å². The van der Waals surface area contributed by atoms with E-state index in [1.807, 2.05) is 43.4 Å². The zero-order valence-corrected chi connectivity index (χ0v) is 11.1. The monoisotopic (exact) mass is 260 g/mol. The average Bonchev–Trinajstić information content (AvgIpc) is 2.90. The fourth-order valence-corrected chi connectivity index (χ4v) is 2.27. The number of nitrogens with zero attached hydrogens (tertiary/aromatic N) is 1. The maximum Gasteiger partial charge on any atom is 0.321 e. The van der Waals surface area contributed by atoms with Crippen molar-refractivity contribution in [2.24, 2.45) is 0 Å². The Balaban J connectivity index is 1.82. The predicted octanol–water partition coefficient (Wildman–Crippen LogP) is 3.45. The van der Waals surface area contributed by atoms with Crippen molar-refractivity contribution in [3.05, 3.63) is 52.7 Å². The second-order valence-electron chi connectivity index (χ2n) is 4.05. The molecule has 0 aliphatic rings. The first-order valence-corrected chi connectivity index (χ1v) is 6.73. The first-order chi connectivity index (χ1) is 8.75. The van der Waals surface area contributed by atoms with Crippen LogP contribution in [0.1, 0.15) is 4.88 Å². The molecule has 1 heterocycles. The van der Waals surface area contributed by atoms with Crippen molar-refractivity contribution < 1.29 is 4.79 Å². The first-order valence-electron chi connectivity index (χ1n) is 5.85. The Bertz CT molecular complexity index is 482. The smallest absolute Gasteiger partial charge is 0.321 e. The standard InChI is InChI=1S/C14H16N2OS/c1-16(10-9-13-8-5-11-18-13)14(17)15-12-6-3-2-4-7-12/h2-8,11H,9-10H2,1H3,(H,15,17). The molecule has 3 nitrogen and oxygen atoms in total. The van der Waals surface area contributed by atoms with Crippen LogP contribution < -0.4 is 5.32 Å². The van der Waals surface area contributed by atoms with Gasteiger partial charge in [0.25, 0.3) is 0 Å². The molecule has 18 heavy (non-hydrogen) atoms. The Kier molecular flexibility index (Phi) is 4.36. The van der Waals surface area contributed by atoms with Crippen molar-refractivity contribution in [3.8, 4) is 0 Å². The summed E-state index contributed by atoms with van der Waals surface area (Å²) in [5.41, 5.74) is 0.825. The molecular formula is C14H16N2OS. The minimum atomic E-state index is -0.0715. The lowest BCUT2D eigenvalue weighted by molar-refractivity contribution is 0.223. The Morgan fingerprint density at radius 1 is 1.22 bits per heavy atom. The van der Waals surface area contributed by atoms with E-state index < -0.39 is 0 Å². The molecule has 2 rings (SSSR count). The maximum atomic E-state index is 11.9. The molecule has 0 bridgehead atoms. The van der Waals surface area contributed by atoms with Crippen molar-refractivity contribution in [1.82, 2.24) is 4.90 Å². The van der Waals surface area contributed by atoms with Crippen molar-refractivity contribution in [1.29, 1.82) is 0 Å². The number of nitrogens with one attached hydrogen (secondary N) is 1. The van der Waals surface area contributed by atoms with Gasteiger partial charge in [-0.15, -0.1) is 11.3 Å². The van der Waals surface area contributed by atoms with Crippen molar-refractivity contribution in [3.63, 3.8) is 0 Å². The van der Waals surface area contributed by atoms with Crippen LogP contribution in [0, 0.1) is 0 Å². The van der Waals surface area contributed by atoms with Crippen molar-refractivity contribution >= 4 is 23.1 Å². The van der Waals surface area contributed by atoms with Gasteiger partial charge in [0.1, 0.15) is 0 Å². The summed E-state index contributed by atoms with van der Waals surface area (Å²) in [6.45, 7) is 0.721.